The van der Waals surface area contributed by atoms with Crippen LogP contribution in [0.25, 0.3) is 5.65 Å². The molecule has 1 aliphatic heterocycles. The van der Waals surface area contributed by atoms with Gasteiger partial charge in [-0.15, -0.1) is 0 Å². The van der Waals surface area contributed by atoms with Crippen LogP contribution >= 0.6 is 11.6 Å². The Kier molecular flexibility index (Phi) is 4.24. The highest BCUT2D eigenvalue weighted by molar-refractivity contribution is 6.30. The molecule has 0 spiro atoms. The first-order chi connectivity index (χ1) is 10.2. The summed E-state index contributed by atoms with van der Waals surface area (Å²) in [5, 5.41) is 9.79. The molecular weight excluding hydrogens is 290 g/mol. The summed E-state index contributed by atoms with van der Waals surface area (Å²) in [4.78, 5) is 18.9. The smallest absolute Gasteiger partial charge is 0.258 e. The lowest BCUT2D eigenvalue weighted by atomic mass is 9.99. The molecule has 1 saturated heterocycles. The van der Waals surface area contributed by atoms with E-state index in [2.05, 4.69) is 9.88 Å². The lowest BCUT2D eigenvalue weighted by Crippen LogP contribution is -2.36. The summed E-state index contributed by atoms with van der Waals surface area (Å²) in [5.41, 5.74) is 1.26. The van der Waals surface area contributed by atoms with Gasteiger partial charge < -0.3 is 5.11 Å². The number of fused-ring (bicyclic) bond motifs is 1. The second-order valence-electron chi connectivity index (χ2n) is 5.59. The van der Waals surface area contributed by atoms with Gasteiger partial charge in [0.25, 0.3) is 5.56 Å². The lowest BCUT2D eigenvalue weighted by molar-refractivity contribution is 0.115. The second kappa shape index (κ2) is 6.13. The minimum Gasteiger partial charge on any atom is -0.396 e. The molecule has 0 radical (unpaired) electrons. The number of hydrogen-bond donors (Lipinski definition) is 1. The first-order valence-electron chi connectivity index (χ1n) is 7.17. The summed E-state index contributed by atoms with van der Waals surface area (Å²) < 4.78 is 1.46. The molecule has 1 fully saturated rings. The Morgan fingerprint density at radius 2 is 2.29 bits per heavy atom. The predicted octanol–water partition coefficient (Wildman–Crippen LogP) is 1.55. The molecule has 3 rings (SSSR count). The number of piperidine rings is 1. The van der Waals surface area contributed by atoms with E-state index in [9.17, 15) is 9.90 Å². The fourth-order valence-corrected chi connectivity index (χ4v) is 3.04. The molecule has 1 N–H and O–H groups in total. The van der Waals surface area contributed by atoms with Crippen molar-refractivity contribution in [3.05, 3.63) is 45.5 Å². The third-order valence-corrected chi connectivity index (χ3v) is 4.15. The normalized spacial score (nSPS) is 20.0. The number of aliphatic hydroxyl groups excluding tert-OH is 1. The topological polar surface area (TPSA) is 57.8 Å². The van der Waals surface area contributed by atoms with Gasteiger partial charge in [0.15, 0.2) is 0 Å². The van der Waals surface area contributed by atoms with Crippen molar-refractivity contribution in [1.29, 1.82) is 0 Å². The van der Waals surface area contributed by atoms with Crippen molar-refractivity contribution in [3.63, 3.8) is 0 Å². The molecule has 0 aromatic carbocycles. The van der Waals surface area contributed by atoms with Crippen molar-refractivity contribution in [2.24, 2.45) is 5.92 Å². The van der Waals surface area contributed by atoms with Gasteiger partial charge >= 0.3 is 0 Å². The minimum absolute atomic E-state index is 0.117. The maximum Gasteiger partial charge on any atom is 0.258 e. The minimum atomic E-state index is -0.117. The molecule has 5 nitrogen and oxygen atoms in total. The number of likely N-dealkylation sites (tertiary alicyclic amines) is 1. The van der Waals surface area contributed by atoms with Crippen molar-refractivity contribution in [1.82, 2.24) is 14.3 Å². The maximum absolute atomic E-state index is 12.1. The lowest BCUT2D eigenvalue weighted by Gasteiger charge is -2.31. The molecule has 0 amide bonds. The molecule has 0 aliphatic carbocycles. The highest BCUT2D eigenvalue weighted by Crippen LogP contribution is 2.17. The monoisotopic (exact) mass is 307 g/mol. The van der Waals surface area contributed by atoms with E-state index in [1.807, 2.05) is 0 Å². The van der Waals surface area contributed by atoms with Gasteiger partial charge in [0.2, 0.25) is 0 Å². The Morgan fingerprint density at radius 3 is 3.10 bits per heavy atom. The Balaban J connectivity index is 1.84. The van der Waals surface area contributed by atoms with Crippen LogP contribution in [0.3, 0.4) is 0 Å². The van der Waals surface area contributed by atoms with Crippen LogP contribution in [-0.4, -0.2) is 39.1 Å². The third-order valence-electron chi connectivity index (χ3n) is 3.92. The SMILES string of the molecule is O=c1cc(CN2CCCC(CO)C2)nc2ccc(Cl)cn12. The number of nitrogens with zero attached hydrogens (tertiary/aromatic N) is 3. The largest absolute Gasteiger partial charge is 0.396 e. The van der Waals surface area contributed by atoms with Crippen LogP contribution in [-0.2, 0) is 6.54 Å². The molecule has 0 saturated carbocycles. The van der Waals surface area contributed by atoms with E-state index < -0.39 is 0 Å². The molecule has 21 heavy (non-hydrogen) atoms. The predicted molar refractivity (Wildman–Crippen MR) is 81.6 cm³/mol. The molecule has 112 valence electrons. The third kappa shape index (κ3) is 3.26. The van der Waals surface area contributed by atoms with E-state index in [4.69, 9.17) is 11.6 Å². The molecule has 0 bridgehead atoms. The van der Waals surface area contributed by atoms with Gasteiger partial charge in [0.05, 0.1) is 10.7 Å². The Morgan fingerprint density at radius 1 is 1.43 bits per heavy atom. The molecule has 1 atom stereocenters. The summed E-state index contributed by atoms with van der Waals surface area (Å²) in [6.45, 7) is 2.71. The molecule has 2 aromatic rings. The van der Waals surface area contributed by atoms with Crippen LogP contribution in [0.1, 0.15) is 18.5 Å². The van der Waals surface area contributed by atoms with Crippen LogP contribution in [0, 0.1) is 5.92 Å². The van der Waals surface area contributed by atoms with Crippen molar-refractivity contribution in [3.8, 4) is 0 Å². The van der Waals surface area contributed by atoms with Gasteiger partial charge in [-0.25, -0.2) is 4.98 Å². The molecule has 1 aliphatic rings. The number of aromatic nitrogens is 2. The second-order valence-corrected chi connectivity index (χ2v) is 6.02. The molecule has 1 unspecified atom stereocenters. The summed E-state index contributed by atoms with van der Waals surface area (Å²) in [7, 11) is 0. The summed E-state index contributed by atoms with van der Waals surface area (Å²) in [6, 6.07) is 5.04. The zero-order valence-corrected chi connectivity index (χ0v) is 12.5. The summed E-state index contributed by atoms with van der Waals surface area (Å²) in [5.74, 6) is 0.333. The van der Waals surface area contributed by atoms with Crippen LogP contribution in [0.5, 0.6) is 0 Å². The van der Waals surface area contributed by atoms with Gasteiger partial charge in [0.1, 0.15) is 5.65 Å². The average molecular weight is 308 g/mol. The highest BCUT2D eigenvalue weighted by Gasteiger charge is 2.19. The van der Waals surface area contributed by atoms with E-state index in [0.717, 1.165) is 31.6 Å². The number of pyridine rings is 1. The average Bonchev–Trinajstić information content (AvgIpc) is 2.48. The molecule has 6 heteroatoms. The van der Waals surface area contributed by atoms with E-state index in [0.29, 0.717) is 23.1 Å². The number of hydrogen-bond acceptors (Lipinski definition) is 4. The Hall–Kier alpha value is -1.43. The van der Waals surface area contributed by atoms with Crippen LogP contribution in [0.2, 0.25) is 5.02 Å². The van der Waals surface area contributed by atoms with E-state index in [1.165, 1.54) is 4.40 Å². The molecule has 3 heterocycles. The van der Waals surface area contributed by atoms with Crippen LogP contribution in [0.4, 0.5) is 0 Å². The fraction of sp³-hybridized carbons (Fsp3) is 0.467. The summed E-state index contributed by atoms with van der Waals surface area (Å²) in [6.07, 6.45) is 3.73. The number of rotatable bonds is 3. The van der Waals surface area contributed by atoms with Crippen molar-refractivity contribution in [2.45, 2.75) is 19.4 Å². The van der Waals surface area contributed by atoms with Gasteiger partial charge in [-0.1, -0.05) is 11.6 Å². The van der Waals surface area contributed by atoms with E-state index in [1.54, 1.807) is 24.4 Å². The number of aliphatic hydroxyl groups is 1. The first kappa shape index (κ1) is 14.5. The molecule has 2 aromatic heterocycles. The van der Waals surface area contributed by atoms with Crippen LogP contribution < -0.4 is 5.56 Å². The first-order valence-corrected chi connectivity index (χ1v) is 7.54. The number of halogens is 1. The Bertz CT molecular complexity index is 701. The highest BCUT2D eigenvalue weighted by atomic mass is 35.5. The Labute approximate surface area is 127 Å². The van der Waals surface area contributed by atoms with Crippen molar-refractivity contribution < 1.29 is 5.11 Å². The van der Waals surface area contributed by atoms with Crippen molar-refractivity contribution in [2.75, 3.05) is 19.7 Å². The van der Waals surface area contributed by atoms with E-state index in [-0.39, 0.29) is 12.2 Å². The van der Waals surface area contributed by atoms with Gasteiger partial charge in [-0.05, 0) is 37.4 Å². The van der Waals surface area contributed by atoms with Crippen molar-refractivity contribution >= 4 is 17.2 Å². The summed E-state index contributed by atoms with van der Waals surface area (Å²) >= 11 is 5.90. The quantitative estimate of drug-likeness (QED) is 0.935. The van der Waals surface area contributed by atoms with Gasteiger partial charge in [0, 0.05) is 32.0 Å². The standard InChI is InChI=1S/C15H18ClN3O2/c16-12-3-4-14-17-13(6-15(21)19(14)8-12)9-18-5-1-2-11(7-18)10-20/h3-4,6,8,11,20H,1-2,5,7,9-10H2. The van der Waals surface area contributed by atoms with Gasteiger partial charge in [-0.3, -0.25) is 14.1 Å². The zero-order valence-electron chi connectivity index (χ0n) is 11.7. The maximum atomic E-state index is 12.1. The zero-order chi connectivity index (χ0) is 14.8. The van der Waals surface area contributed by atoms with E-state index >= 15 is 0 Å². The van der Waals surface area contributed by atoms with Gasteiger partial charge in [-0.2, -0.15) is 0 Å². The molecular formula is C15H18ClN3O2. The van der Waals surface area contributed by atoms with Crippen LogP contribution in [0.15, 0.2) is 29.2 Å². The fourth-order valence-electron chi connectivity index (χ4n) is 2.88.